The van der Waals surface area contributed by atoms with Crippen LogP contribution in [0.5, 0.6) is 0 Å². The highest BCUT2D eigenvalue weighted by Gasteiger charge is 2.12. The number of nitrogens with zero attached hydrogens (tertiary/aromatic N) is 3. The lowest BCUT2D eigenvalue weighted by molar-refractivity contribution is 0.787. The Morgan fingerprint density at radius 2 is 2.25 bits per heavy atom. The van der Waals surface area contributed by atoms with Crippen LogP contribution >= 0.6 is 15.9 Å². The van der Waals surface area contributed by atoms with Gasteiger partial charge >= 0.3 is 0 Å². The Morgan fingerprint density at radius 1 is 1.50 bits per heavy atom. The summed E-state index contributed by atoms with van der Waals surface area (Å²) >= 11 is 3.27. The minimum Gasteiger partial charge on any atom is -0.292 e. The molecule has 0 aliphatic heterocycles. The third-order valence-corrected chi connectivity index (χ3v) is 3.09. The lowest BCUT2D eigenvalue weighted by Gasteiger charge is -2.00. The normalized spacial score (nSPS) is 10.7. The first kappa shape index (κ1) is 11.1. The molecule has 2 rings (SSSR count). The van der Waals surface area contributed by atoms with Crippen LogP contribution in [0.15, 0.2) is 21.7 Å². The van der Waals surface area contributed by atoms with Crippen molar-refractivity contribution in [3.8, 4) is 5.82 Å². The molecule has 2 heterocycles. The van der Waals surface area contributed by atoms with E-state index in [4.69, 9.17) is 0 Å². The molecule has 0 fully saturated rings. The molecular weight excluding hydrogens is 272 g/mol. The van der Waals surface area contributed by atoms with E-state index in [2.05, 4.69) is 31.0 Å². The molecule has 0 amide bonds. The van der Waals surface area contributed by atoms with E-state index >= 15 is 0 Å². The van der Waals surface area contributed by atoms with E-state index in [1.165, 1.54) is 11.0 Å². The Balaban J connectivity index is 2.61. The molecule has 0 atom stereocenters. The van der Waals surface area contributed by atoms with Crippen LogP contribution in [0, 0.1) is 6.92 Å². The first-order valence-electron chi connectivity index (χ1n) is 4.92. The van der Waals surface area contributed by atoms with Crippen LogP contribution in [-0.2, 0) is 6.42 Å². The summed E-state index contributed by atoms with van der Waals surface area (Å²) in [7, 11) is 0. The van der Waals surface area contributed by atoms with Gasteiger partial charge in [-0.1, -0.05) is 6.92 Å². The smallest absolute Gasteiger partial charge is 0.287 e. The molecule has 0 aliphatic rings. The molecule has 1 N–H and O–H groups in total. The Morgan fingerprint density at radius 3 is 2.81 bits per heavy atom. The Hall–Kier alpha value is -1.43. The summed E-state index contributed by atoms with van der Waals surface area (Å²) in [4.78, 5) is 19.9. The van der Waals surface area contributed by atoms with Crippen LogP contribution in [0.25, 0.3) is 5.82 Å². The number of aryl methyl sites for hydroxylation is 2. The lowest BCUT2D eigenvalue weighted by atomic mass is 10.3. The molecule has 0 bridgehead atoms. The van der Waals surface area contributed by atoms with Gasteiger partial charge in [-0.05, 0) is 29.3 Å². The van der Waals surface area contributed by atoms with Gasteiger partial charge in [0.2, 0.25) is 0 Å². The van der Waals surface area contributed by atoms with Gasteiger partial charge < -0.3 is 0 Å². The van der Waals surface area contributed by atoms with E-state index in [1.54, 1.807) is 6.07 Å². The lowest BCUT2D eigenvalue weighted by Crippen LogP contribution is -2.16. The second kappa shape index (κ2) is 4.21. The molecule has 6 heteroatoms. The fraction of sp³-hybridized carbons (Fsp3) is 0.300. The van der Waals surface area contributed by atoms with Crippen molar-refractivity contribution in [2.45, 2.75) is 20.3 Å². The van der Waals surface area contributed by atoms with Crippen molar-refractivity contribution >= 4 is 15.9 Å². The number of rotatable bonds is 2. The molecule has 16 heavy (non-hydrogen) atoms. The van der Waals surface area contributed by atoms with Crippen LogP contribution in [0.3, 0.4) is 0 Å². The first-order chi connectivity index (χ1) is 7.63. The fourth-order valence-electron chi connectivity index (χ4n) is 1.42. The zero-order chi connectivity index (χ0) is 11.7. The van der Waals surface area contributed by atoms with Gasteiger partial charge in [0.05, 0.1) is 5.69 Å². The van der Waals surface area contributed by atoms with Crippen molar-refractivity contribution in [3.05, 3.63) is 38.6 Å². The zero-order valence-electron chi connectivity index (χ0n) is 8.99. The largest absolute Gasteiger partial charge is 0.292 e. The second-order valence-corrected chi connectivity index (χ2v) is 4.21. The highest BCUT2D eigenvalue weighted by atomic mass is 79.9. The van der Waals surface area contributed by atoms with Crippen LogP contribution in [-0.4, -0.2) is 19.7 Å². The van der Waals surface area contributed by atoms with Gasteiger partial charge in [0, 0.05) is 11.8 Å². The number of hydrogen-bond donors (Lipinski definition) is 1. The molecule has 0 unspecified atom stereocenters. The van der Waals surface area contributed by atoms with Gasteiger partial charge in [-0.3, -0.25) is 9.89 Å². The molecule has 0 aliphatic carbocycles. The molecular formula is C10H11BrN4O. The molecule has 2 aromatic heterocycles. The molecule has 5 nitrogen and oxygen atoms in total. The maximum absolute atomic E-state index is 11.9. The van der Waals surface area contributed by atoms with Crippen molar-refractivity contribution in [1.82, 2.24) is 19.7 Å². The fourth-order valence-corrected chi connectivity index (χ4v) is 1.97. The summed E-state index contributed by atoms with van der Waals surface area (Å²) in [5.41, 5.74) is 1.55. The number of halogens is 1. The molecule has 0 spiro atoms. The van der Waals surface area contributed by atoms with E-state index in [-0.39, 0.29) is 5.56 Å². The molecule has 2 aromatic rings. The topological polar surface area (TPSA) is 63.6 Å². The monoisotopic (exact) mass is 282 g/mol. The van der Waals surface area contributed by atoms with Gasteiger partial charge in [0.15, 0.2) is 5.82 Å². The van der Waals surface area contributed by atoms with Crippen molar-refractivity contribution in [2.75, 3.05) is 0 Å². The molecule has 84 valence electrons. The minimum atomic E-state index is -0.130. The van der Waals surface area contributed by atoms with Crippen LogP contribution in [0.1, 0.15) is 18.3 Å². The summed E-state index contributed by atoms with van der Waals surface area (Å²) in [5, 5.41) is 3.01. The molecule has 0 saturated carbocycles. The van der Waals surface area contributed by atoms with Crippen molar-refractivity contribution in [1.29, 1.82) is 0 Å². The van der Waals surface area contributed by atoms with Gasteiger partial charge in [-0.25, -0.2) is 14.6 Å². The predicted octanol–water partition coefficient (Wildman–Crippen LogP) is 1.59. The van der Waals surface area contributed by atoms with Gasteiger partial charge in [0.25, 0.3) is 5.56 Å². The third kappa shape index (κ3) is 1.80. The summed E-state index contributed by atoms with van der Waals surface area (Å²) < 4.78 is 1.98. The van der Waals surface area contributed by atoms with E-state index < -0.39 is 0 Å². The molecule has 0 aromatic carbocycles. The third-order valence-electron chi connectivity index (χ3n) is 2.27. The highest BCUT2D eigenvalue weighted by Crippen LogP contribution is 2.12. The summed E-state index contributed by atoms with van der Waals surface area (Å²) in [6.45, 7) is 3.83. The average Bonchev–Trinajstić information content (AvgIpc) is 2.56. The van der Waals surface area contributed by atoms with E-state index in [0.29, 0.717) is 10.3 Å². The van der Waals surface area contributed by atoms with E-state index in [1.807, 2.05) is 13.8 Å². The van der Waals surface area contributed by atoms with Crippen LogP contribution < -0.4 is 5.56 Å². The van der Waals surface area contributed by atoms with E-state index in [0.717, 1.165) is 17.8 Å². The summed E-state index contributed by atoms with van der Waals surface area (Å²) in [6, 6.07) is 1.75. The predicted molar refractivity (Wildman–Crippen MR) is 63.8 cm³/mol. The first-order valence-corrected chi connectivity index (χ1v) is 5.71. The maximum atomic E-state index is 11.9. The van der Waals surface area contributed by atoms with Gasteiger partial charge in [-0.15, -0.1) is 0 Å². The highest BCUT2D eigenvalue weighted by molar-refractivity contribution is 9.10. The van der Waals surface area contributed by atoms with Crippen molar-refractivity contribution in [3.63, 3.8) is 0 Å². The Bertz CT molecular complexity index is 572. The second-order valence-electron chi connectivity index (χ2n) is 3.42. The SMILES string of the molecule is CCc1[nH]n(-c2cc(C)ncn2)c(=O)c1Br. The van der Waals surface area contributed by atoms with Gasteiger partial charge in [-0.2, -0.15) is 0 Å². The number of nitrogens with one attached hydrogen (secondary N) is 1. The van der Waals surface area contributed by atoms with Crippen LogP contribution in [0.4, 0.5) is 0 Å². The maximum Gasteiger partial charge on any atom is 0.287 e. The quantitative estimate of drug-likeness (QED) is 0.910. The zero-order valence-corrected chi connectivity index (χ0v) is 10.6. The number of aromatic nitrogens is 4. The van der Waals surface area contributed by atoms with Crippen molar-refractivity contribution in [2.24, 2.45) is 0 Å². The van der Waals surface area contributed by atoms with Crippen LogP contribution in [0.2, 0.25) is 0 Å². The Kier molecular flexibility index (Phi) is 2.91. The number of hydrogen-bond acceptors (Lipinski definition) is 3. The number of aromatic amines is 1. The summed E-state index contributed by atoms with van der Waals surface area (Å²) in [5.74, 6) is 0.554. The summed E-state index contributed by atoms with van der Waals surface area (Å²) in [6.07, 6.45) is 2.20. The minimum absolute atomic E-state index is 0.130. The van der Waals surface area contributed by atoms with E-state index in [9.17, 15) is 4.79 Å². The van der Waals surface area contributed by atoms with Crippen molar-refractivity contribution < 1.29 is 0 Å². The molecule has 0 radical (unpaired) electrons. The van der Waals surface area contributed by atoms with Gasteiger partial charge in [0.1, 0.15) is 10.8 Å². The number of H-pyrrole nitrogens is 1. The Labute approximate surface area is 101 Å². The molecule has 0 saturated heterocycles. The average molecular weight is 283 g/mol. The standard InChI is InChI=1S/C10H11BrN4O/c1-3-7-9(11)10(16)15(14-7)8-4-6(2)12-5-13-8/h4-5,14H,3H2,1-2H3.